The van der Waals surface area contributed by atoms with Gasteiger partial charge in [-0.1, -0.05) is 5.16 Å². The summed E-state index contributed by atoms with van der Waals surface area (Å²) < 4.78 is 5.05. The molecule has 65 valence electrons. The van der Waals surface area contributed by atoms with Crippen molar-refractivity contribution in [2.75, 3.05) is 0 Å². The Morgan fingerprint density at radius 1 is 1.38 bits per heavy atom. The molecule has 0 N–H and O–H groups in total. The van der Waals surface area contributed by atoms with Gasteiger partial charge in [0.1, 0.15) is 11.5 Å². The molecule has 0 unspecified atom stereocenters. The molecule has 3 nitrogen and oxygen atoms in total. The number of hydrogen-bond acceptors (Lipinski definition) is 3. The molecule has 2 aromatic rings. The first-order valence-electron chi connectivity index (χ1n) is 4.05. The summed E-state index contributed by atoms with van der Waals surface area (Å²) in [5.74, 6) is 0.840. The van der Waals surface area contributed by atoms with Gasteiger partial charge in [-0.15, -0.1) is 0 Å². The summed E-state index contributed by atoms with van der Waals surface area (Å²) in [7, 11) is 0. The third kappa shape index (κ3) is 1.33. The van der Waals surface area contributed by atoms with Gasteiger partial charge in [-0.25, -0.2) is 0 Å². The third-order valence-corrected chi connectivity index (χ3v) is 2.02. The lowest BCUT2D eigenvalue weighted by atomic mass is 10.1. The molecule has 0 fully saturated rings. The van der Waals surface area contributed by atoms with Gasteiger partial charge in [0.05, 0.1) is 6.20 Å². The molecule has 0 aliphatic carbocycles. The van der Waals surface area contributed by atoms with Gasteiger partial charge >= 0.3 is 0 Å². The van der Waals surface area contributed by atoms with Gasteiger partial charge in [-0.05, 0) is 26.0 Å². The van der Waals surface area contributed by atoms with Crippen molar-refractivity contribution in [1.82, 2.24) is 10.1 Å². The van der Waals surface area contributed by atoms with Crippen LogP contribution < -0.4 is 0 Å². The van der Waals surface area contributed by atoms with Crippen LogP contribution in [0.3, 0.4) is 0 Å². The van der Waals surface area contributed by atoms with Gasteiger partial charge in [0, 0.05) is 17.3 Å². The van der Waals surface area contributed by atoms with Crippen LogP contribution in [0.4, 0.5) is 0 Å². The zero-order valence-corrected chi connectivity index (χ0v) is 7.53. The number of aromatic nitrogens is 2. The van der Waals surface area contributed by atoms with Gasteiger partial charge < -0.3 is 4.52 Å². The van der Waals surface area contributed by atoms with E-state index in [1.54, 1.807) is 6.20 Å². The maximum absolute atomic E-state index is 5.05. The number of hydrogen-bond donors (Lipinski definition) is 0. The summed E-state index contributed by atoms with van der Waals surface area (Å²) in [6, 6.07) is 3.77. The number of pyridine rings is 1. The minimum atomic E-state index is 0.825. The highest BCUT2D eigenvalue weighted by Crippen LogP contribution is 2.22. The highest BCUT2D eigenvalue weighted by atomic mass is 16.5. The average molecular weight is 173 g/mol. The molecule has 0 amide bonds. The van der Waals surface area contributed by atoms with Crippen LogP contribution in [0, 0.1) is 20.0 Å². The van der Waals surface area contributed by atoms with Crippen LogP contribution in [-0.4, -0.2) is 10.1 Å². The van der Waals surface area contributed by atoms with Crippen molar-refractivity contribution in [3.05, 3.63) is 35.9 Å². The van der Waals surface area contributed by atoms with Gasteiger partial charge in [-0.3, -0.25) is 4.98 Å². The lowest BCUT2D eigenvalue weighted by Crippen LogP contribution is -1.82. The molecular formula is C10H9N2O. The van der Waals surface area contributed by atoms with Gasteiger partial charge in [0.15, 0.2) is 0 Å². The van der Waals surface area contributed by atoms with Crippen molar-refractivity contribution in [2.45, 2.75) is 13.8 Å². The zero-order chi connectivity index (χ0) is 9.26. The summed E-state index contributed by atoms with van der Waals surface area (Å²) in [6.07, 6.45) is 4.55. The summed E-state index contributed by atoms with van der Waals surface area (Å²) in [5, 5.41) is 3.94. The molecule has 1 radical (unpaired) electrons. The Hall–Kier alpha value is -1.64. The predicted octanol–water partition coefficient (Wildman–Crippen LogP) is 2.15. The standard InChI is InChI=1S/C10H9N2O/c1-7-8(2)13-12-10(7)9-4-3-5-11-6-9/h3-5H,1-2H3. The monoisotopic (exact) mass is 173 g/mol. The van der Waals surface area contributed by atoms with Crippen LogP contribution in [0.5, 0.6) is 0 Å². The lowest BCUT2D eigenvalue weighted by molar-refractivity contribution is 0.398. The van der Waals surface area contributed by atoms with Crippen LogP contribution in [0.2, 0.25) is 0 Å². The van der Waals surface area contributed by atoms with E-state index in [4.69, 9.17) is 4.52 Å². The Balaban J connectivity index is 2.53. The fourth-order valence-corrected chi connectivity index (χ4v) is 1.13. The first-order chi connectivity index (χ1) is 6.29. The molecule has 0 aliphatic heterocycles. The Kier molecular flexibility index (Phi) is 1.85. The zero-order valence-electron chi connectivity index (χ0n) is 7.53. The molecule has 13 heavy (non-hydrogen) atoms. The van der Waals surface area contributed by atoms with E-state index in [1.807, 2.05) is 26.0 Å². The van der Waals surface area contributed by atoms with Gasteiger partial charge in [0.2, 0.25) is 0 Å². The van der Waals surface area contributed by atoms with E-state index in [-0.39, 0.29) is 0 Å². The second-order valence-electron chi connectivity index (χ2n) is 2.88. The second kappa shape index (κ2) is 3.01. The van der Waals surface area contributed by atoms with Crippen molar-refractivity contribution in [3.63, 3.8) is 0 Å². The first kappa shape index (κ1) is 7.98. The molecule has 0 aliphatic rings. The Bertz CT molecular complexity index is 406. The van der Waals surface area contributed by atoms with Gasteiger partial charge in [0.25, 0.3) is 0 Å². The average Bonchev–Trinajstić information content (AvgIpc) is 2.49. The van der Waals surface area contributed by atoms with Crippen molar-refractivity contribution in [2.24, 2.45) is 0 Å². The Morgan fingerprint density at radius 2 is 2.23 bits per heavy atom. The van der Waals surface area contributed by atoms with E-state index in [0.717, 1.165) is 22.6 Å². The summed E-state index contributed by atoms with van der Waals surface area (Å²) >= 11 is 0. The van der Waals surface area contributed by atoms with Gasteiger partial charge in [-0.2, -0.15) is 0 Å². The molecule has 0 saturated heterocycles. The molecule has 2 rings (SSSR count). The first-order valence-corrected chi connectivity index (χ1v) is 4.05. The highest BCUT2D eigenvalue weighted by molar-refractivity contribution is 5.60. The Labute approximate surface area is 76.4 Å². The lowest BCUT2D eigenvalue weighted by Gasteiger charge is -1.93. The molecular weight excluding hydrogens is 164 g/mol. The SMILES string of the molecule is Cc1onc(-c2[c]nccc2)c1C. The van der Waals surface area contributed by atoms with Crippen LogP contribution in [-0.2, 0) is 0 Å². The third-order valence-electron chi connectivity index (χ3n) is 2.02. The molecule has 2 aromatic heterocycles. The van der Waals surface area contributed by atoms with E-state index in [9.17, 15) is 0 Å². The number of nitrogens with zero attached hydrogens (tertiary/aromatic N) is 2. The van der Waals surface area contributed by atoms with E-state index in [0.29, 0.717) is 0 Å². The smallest absolute Gasteiger partial charge is 0.137 e. The minimum absolute atomic E-state index is 0.825. The molecule has 0 atom stereocenters. The maximum Gasteiger partial charge on any atom is 0.137 e. The van der Waals surface area contributed by atoms with Crippen LogP contribution in [0.1, 0.15) is 11.3 Å². The van der Waals surface area contributed by atoms with Crippen LogP contribution in [0.15, 0.2) is 22.9 Å². The van der Waals surface area contributed by atoms with E-state index >= 15 is 0 Å². The number of rotatable bonds is 1. The van der Waals surface area contributed by atoms with E-state index < -0.39 is 0 Å². The molecule has 2 heterocycles. The van der Waals surface area contributed by atoms with E-state index in [2.05, 4.69) is 16.3 Å². The normalized spacial score (nSPS) is 10.3. The summed E-state index contributed by atoms with van der Waals surface area (Å²) in [5.41, 5.74) is 2.74. The fraction of sp³-hybridized carbons (Fsp3) is 0.200. The van der Waals surface area contributed by atoms with Crippen molar-refractivity contribution in [3.8, 4) is 11.3 Å². The van der Waals surface area contributed by atoms with Crippen molar-refractivity contribution < 1.29 is 4.52 Å². The van der Waals surface area contributed by atoms with Crippen molar-refractivity contribution >= 4 is 0 Å². The molecule has 0 aromatic carbocycles. The second-order valence-corrected chi connectivity index (χ2v) is 2.88. The highest BCUT2D eigenvalue weighted by Gasteiger charge is 2.09. The van der Waals surface area contributed by atoms with Crippen LogP contribution >= 0.6 is 0 Å². The van der Waals surface area contributed by atoms with E-state index in [1.165, 1.54) is 0 Å². The predicted molar refractivity (Wildman–Crippen MR) is 48.0 cm³/mol. The largest absolute Gasteiger partial charge is 0.361 e. The molecule has 0 spiro atoms. The quantitative estimate of drug-likeness (QED) is 0.663. The van der Waals surface area contributed by atoms with Crippen molar-refractivity contribution in [1.29, 1.82) is 0 Å². The molecule has 0 bridgehead atoms. The summed E-state index contributed by atoms with van der Waals surface area (Å²) in [4.78, 5) is 3.90. The minimum Gasteiger partial charge on any atom is -0.361 e. The Morgan fingerprint density at radius 3 is 2.77 bits per heavy atom. The maximum atomic E-state index is 5.05. The molecule has 0 saturated carbocycles. The fourth-order valence-electron chi connectivity index (χ4n) is 1.13. The molecule has 3 heteroatoms. The number of aryl methyl sites for hydroxylation is 1. The topological polar surface area (TPSA) is 38.9 Å². The van der Waals surface area contributed by atoms with Crippen LogP contribution in [0.25, 0.3) is 11.3 Å². The summed E-state index contributed by atoms with van der Waals surface area (Å²) in [6.45, 7) is 3.87.